The highest BCUT2D eigenvalue weighted by Gasteiger charge is 2.14. The van der Waals surface area contributed by atoms with E-state index in [4.69, 9.17) is 0 Å². The quantitative estimate of drug-likeness (QED) is 0.639. The van der Waals surface area contributed by atoms with Gasteiger partial charge in [0.1, 0.15) is 17.3 Å². The van der Waals surface area contributed by atoms with Crippen LogP contribution in [0.5, 0.6) is 0 Å². The van der Waals surface area contributed by atoms with Gasteiger partial charge in [-0.25, -0.2) is 13.8 Å². The summed E-state index contributed by atoms with van der Waals surface area (Å²) in [4.78, 5) is 4.23. The number of aryl methyl sites for hydroxylation is 1. The number of rotatable bonds is 1. The first-order chi connectivity index (χ1) is 8.65. The van der Waals surface area contributed by atoms with Gasteiger partial charge in [0.05, 0.1) is 11.3 Å². The zero-order valence-electron chi connectivity index (χ0n) is 9.69. The van der Waals surface area contributed by atoms with E-state index in [9.17, 15) is 8.78 Å². The van der Waals surface area contributed by atoms with E-state index in [2.05, 4.69) is 4.98 Å². The Hall–Kier alpha value is -2.23. The molecule has 0 aliphatic heterocycles. The predicted octanol–water partition coefficient (Wildman–Crippen LogP) is 3.59. The van der Waals surface area contributed by atoms with Crippen LogP contribution in [-0.2, 0) is 0 Å². The molecule has 0 amide bonds. The van der Waals surface area contributed by atoms with Crippen molar-refractivity contribution in [1.82, 2.24) is 9.38 Å². The molecule has 0 saturated carbocycles. The minimum Gasteiger partial charge on any atom is -0.306 e. The highest BCUT2D eigenvalue weighted by Crippen LogP contribution is 2.25. The summed E-state index contributed by atoms with van der Waals surface area (Å²) in [5.41, 5.74) is 1.94. The predicted molar refractivity (Wildman–Crippen MR) is 65.3 cm³/mol. The number of imidazole rings is 1. The standard InChI is InChI=1S/C14H10F2N2/c1-9-5-6-13-17-12(8-18(13)7-9)14-10(15)3-2-4-11(14)16/h2-8H,1H3. The first-order valence-electron chi connectivity index (χ1n) is 5.55. The largest absolute Gasteiger partial charge is 0.306 e. The van der Waals surface area contributed by atoms with Crippen molar-refractivity contribution in [3.05, 3.63) is 59.9 Å². The summed E-state index contributed by atoms with van der Waals surface area (Å²) in [6, 6.07) is 7.52. The third-order valence-corrected chi connectivity index (χ3v) is 2.82. The van der Waals surface area contributed by atoms with E-state index in [1.165, 1.54) is 18.2 Å². The van der Waals surface area contributed by atoms with Crippen LogP contribution in [0.4, 0.5) is 8.78 Å². The summed E-state index contributed by atoms with van der Waals surface area (Å²) in [5.74, 6) is -1.20. The maximum Gasteiger partial charge on any atom is 0.137 e. The summed E-state index contributed by atoms with van der Waals surface area (Å²) in [6.07, 6.45) is 3.49. The molecule has 3 rings (SSSR count). The van der Waals surface area contributed by atoms with Crippen LogP contribution in [0.3, 0.4) is 0 Å². The average Bonchev–Trinajstić information content (AvgIpc) is 2.71. The molecule has 2 nitrogen and oxygen atoms in total. The van der Waals surface area contributed by atoms with Crippen molar-refractivity contribution in [1.29, 1.82) is 0 Å². The number of hydrogen-bond acceptors (Lipinski definition) is 1. The van der Waals surface area contributed by atoms with Crippen LogP contribution < -0.4 is 0 Å². The Morgan fingerprint density at radius 1 is 1.00 bits per heavy atom. The van der Waals surface area contributed by atoms with Crippen LogP contribution in [-0.4, -0.2) is 9.38 Å². The van der Waals surface area contributed by atoms with Gasteiger partial charge in [-0.05, 0) is 30.7 Å². The molecule has 0 aliphatic carbocycles. The van der Waals surface area contributed by atoms with Crippen molar-refractivity contribution in [2.24, 2.45) is 0 Å². The second kappa shape index (κ2) is 3.91. The number of hydrogen-bond donors (Lipinski definition) is 0. The number of halogens is 2. The van der Waals surface area contributed by atoms with E-state index >= 15 is 0 Å². The van der Waals surface area contributed by atoms with Gasteiger partial charge in [0.25, 0.3) is 0 Å². The first-order valence-corrected chi connectivity index (χ1v) is 5.55. The summed E-state index contributed by atoms with van der Waals surface area (Å²) in [6.45, 7) is 1.95. The molecule has 0 unspecified atom stereocenters. The van der Waals surface area contributed by atoms with E-state index in [0.717, 1.165) is 5.56 Å². The van der Waals surface area contributed by atoms with E-state index in [1.807, 2.05) is 25.3 Å². The van der Waals surface area contributed by atoms with E-state index in [1.54, 1.807) is 10.6 Å². The Kier molecular flexibility index (Phi) is 2.37. The second-order valence-corrected chi connectivity index (χ2v) is 4.19. The molecule has 0 spiro atoms. The fourth-order valence-corrected chi connectivity index (χ4v) is 1.97. The van der Waals surface area contributed by atoms with Crippen molar-refractivity contribution in [3.63, 3.8) is 0 Å². The molecular formula is C14H10F2N2. The lowest BCUT2D eigenvalue weighted by molar-refractivity contribution is 0.589. The Morgan fingerprint density at radius 3 is 2.44 bits per heavy atom. The number of benzene rings is 1. The van der Waals surface area contributed by atoms with Gasteiger partial charge >= 0.3 is 0 Å². The molecule has 0 atom stereocenters. The van der Waals surface area contributed by atoms with Crippen molar-refractivity contribution < 1.29 is 8.78 Å². The molecular weight excluding hydrogens is 234 g/mol. The lowest BCUT2D eigenvalue weighted by atomic mass is 10.1. The summed E-state index contributed by atoms with van der Waals surface area (Å²) in [7, 11) is 0. The molecule has 2 heterocycles. The third-order valence-electron chi connectivity index (χ3n) is 2.82. The van der Waals surface area contributed by atoms with Gasteiger partial charge in [0.2, 0.25) is 0 Å². The lowest BCUT2D eigenvalue weighted by Crippen LogP contribution is -1.89. The monoisotopic (exact) mass is 244 g/mol. The third kappa shape index (κ3) is 1.66. The Morgan fingerprint density at radius 2 is 1.72 bits per heavy atom. The van der Waals surface area contributed by atoms with Crippen molar-refractivity contribution in [2.45, 2.75) is 6.92 Å². The molecule has 2 aromatic heterocycles. The molecule has 3 aromatic rings. The summed E-state index contributed by atoms with van der Waals surface area (Å²) in [5, 5.41) is 0. The van der Waals surface area contributed by atoms with E-state index in [0.29, 0.717) is 11.3 Å². The lowest BCUT2D eigenvalue weighted by Gasteiger charge is -1.99. The van der Waals surface area contributed by atoms with Gasteiger partial charge in [0, 0.05) is 12.4 Å². The molecule has 4 heteroatoms. The van der Waals surface area contributed by atoms with Crippen molar-refractivity contribution >= 4 is 5.65 Å². The number of fused-ring (bicyclic) bond motifs is 1. The number of pyridine rings is 1. The maximum absolute atomic E-state index is 13.7. The van der Waals surface area contributed by atoms with Gasteiger partial charge in [-0.3, -0.25) is 0 Å². The molecule has 0 saturated heterocycles. The Labute approximate surface area is 103 Å². The molecule has 0 bridgehead atoms. The topological polar surface area (TPSA) is 17.3 Å². The highest BCUT2D eigenvalue weighted by molar-refractivity contribution is 5.64. The van der Waals surface area contributed by atoms with Gasteiger partial charge in [0.15, 0.2) is 0 Å². The molecule has 0 N–H and O–H groups in total. The van der Waals surface area contributed by atoms with Crippen LogP contribution in [0.15, 0.2) is 42.7 Å². The molecule has 90 valence electrons. The fourth-order valence-electron chi connectivity index (χ4n) is 1.97. The normalized spacial score (nSPS) is 11.1. The molecule has 1 aromatic carbocycles. The van der Waals surface area contributed by atoms with Crippen molar-refractivity contribution in [2.75, 3.05) is 0 Å². The fraction of sp³-hybridized carbons (Fsp3) is 0.0714. The Balaban J connectivity index is 2.26. The second-order valence-electron chi connectivity index (χ2n) is 4.19. The minimum atomic E-state index is -0.602. The van der Waals surface area contributed by atoms with Crippen LogP contribution in [0.2, 0.25) is 0 Å². The van der Waals surface area contributed by atoms with E-state index in [-0.39, 0.29) is 5.56 Å². The zero-order chi connectivity index (χ0) is 12.7. The van der Waals surface area contributed by atoms with Crippen LogP contribution in [0.1, 0.15) is 5.56 Å². The smallest absolute Gasteiger partial charge is 0.137 e. The highest BCUT2D eigenvalue weighted by atomic mass is 19.1. The maximum atomic E-state index is 13.7. The minimum absolute atomic E-state index is 0.0844. The molecule has 0 aliphatic rings. The first kappa shape index (κ1) is 10.9. The van der Waals surface area contributed by atoms with Crippen LogP contribution >= 0.6 is 0 Å². The molecule has 18 heavy (non-hydrogen) atoms. The molecule has 0 fully saturated rings. The SMILES string of the molecule is Cc1ccc2nc(-c3c(F)cccc3F)cn2c1. The van der Waals surface area contributed by atoms with Gasteiger partial charge in [-0.15, -0.1) is 0 Å². The van der Waals surface area contributed by atoms with E-state index < -0.39 is 11.6 Å². The average molecular weight is 244 g/mol. The van der Waals surface area contributed by atoms with Gasteiger partial charge in [-0.2, -0.15) is 0 Å². The Bertz CT molecular complexity index is 711. The summed E-state index contributed by atoms with van der Waals surface area (Å²) < 4.78 is 29.1. The van der Waals surface area contributed by atoms with Gasteiger partial charge in [-0.1, -0.05) is 12.1 Å². The summed E-state index contributed by atoms with van der Waals surface area (Å²) >= 11 is 0. The van der Waals surface area contributed by atoms with Gasteiger partial charge < -0.3 is 4.40 Å². The van der Waals surface area contributed by atoms with Crippen molar-refractivity contribution in [3.8, 4) is 11.3 Å². The van der Waals surface area contributed by atoms with Crippen LogP contribution in [0, 0.1) is 18.6 Å². The van der Waals surface area contributed by atoms with Crippen LogP contribution in [0.25, 0.3) is 16.9 Å². The molecule has 0 radical (unpaired) electrons. The number of nitrogens with zero attached hydrogens (tertiary/aromatic N) is 2. The number of aromatic nitrogens is 2. The zero-order valence-corrected chi connectivity index (χ0v) is 9.69.